The van der Waals surface area contributed by atoms with Gasteiger partial charge in [-0.2, -0.15) is 0 Å². The first kappa shape index (κ1) is 12.8. The number of carbonyl (C=O) groups excluding carboxylic acids is 1. The predicted octanol–water partition coefficient (Wildman–Crippen LogP) is 3.11. The number of likely N-dealkylation sites (tertiary alicyclic amines) is 1. The third-order valence-electron chi connectivity index (χ3n) is 4.33. The van der Waals surface area contributed by atoms with Crippen LogP contribution in [0.25, 0.3) is 0 Å². The molecule has 1 atom stereocenters. The van der Waals surface area contributed by atoms with Gasteiger partial charge in [0.25, 0.3) is 0 Å². The molecule has 1 saturated carbocycles. The molecule has 1 aromatic rings. The second kappa shape index (κ2) is 5.86. The summed E-state index contributed by atoms with van der Waals surface area (Å²) in [6, 6.07) is 0.443. The van der Waals surface area contributed by atoms with Crippen molar-refractivity contribution >= 4 is 22.5 Å². The molecule has 2 heterocycles. The van der Waals surface area contributed by atoms with Crippen LogP contribution in [0.15, 0.2) is 5.51 Å². The van der Waals surface area contributed by atoms with Gasteiger partial charge in [0.05, 0.1) is 0 Å². The van der Waals surface area contributed by atoms with Crippen LogP contribution in [0.5, 0.6) is 0 Å². The highest BCUT2D eigenvalue weighted by Crippen LogP contribution is 2.34. The highest BCUT2D eigenvalue weighted by molar-refractivity contribution is 7.13. The van der Waals surface area contributed by atoms with Gasteiger partial charge >= 0.3 is 6.03 Å². The minimum absolute atomic E-state index is 0.00447. The van der Waals surface area contributed by atoms with Crippen LogP contribution in [-0.4, -0.2) is 33.7 Å². The number of nitrogens with one attached hydrogen (secondary N) is 1. The maximum Gasteiger partial charge on any atom is 0.323 e. The van der Waals surface area contributed by atoms with Gasteiger partial charge in [0.15, 0.2) is 0 Å². The van der Waals surface area contributed by atoms with Crippen molar-refractivity contribution < 1.29 is 4.79 Å². The first-order chi connectivity index (χ1) is 9.34. The molecule has 1 N–H and O–H groups in total. The summed E-state index contributed by atoms with van der Waals surface area (Å²) in [6.45, 7) is 0.881. The number of rotatable bonds is 2. The molecule has 3 rings (SSSR count). The van der Waals surface area contributed by atoms with Gasteiger partial charge in [-0.3, -0.25) is 5.32 Å². The second-order valence-corrected chi connectivity index (χ2v) is 6.31. The van der Waals surface area contributed by atoms with Crippen LogP contribution in [-0.2, 0) is 0 Å². The highest BCUT2D eigenvalue weighted by Gasteiger charge is 2.35. The number of nitrogens with zero attached hydrogens (tertiary/aromatic N) is 3. The molecule has 0 aromatic carbocycles. The van der Waals surface area contributed by atoms with E-state index in [4.69, 9.17) is 0 Å². The van der Waals surface area contributed by atoms with E-state index in [9.17, 15) is 4.79 Å². The van der Waals surface area contributed by atoms with Crippen LogP contribution in [0.4, 0.5) is 9.93 Å². The molecule has 0 radical (unpaired) electrons. The Morgan fingerprint density at radius 3 is 2.84 bits per heavy atom. The molecule has 6 heteroatoms. The molecule has 1 saturated heterocycles. The van der Waals surface area contributed by atoms with Crippen LogP contribution in [0.2, 0.25) is 0 Å². The lowest BCUT2D eigenvalue weighted by Crippen LogP contribution is -2.43. The number of hydrogen-bond donors (Lipinski definition) is 1. The van der Waals surface area contributed by atoms with Crippen molar-refractivity contribution in [1.82, 2.24) is 15.1 Å². The smallest absolute Gasteiger partial charge is 0.321 e. The fourth-order valence-corrected chi connectivity index (χ4v) is 3.88. The lowest BCUT2D eigenvalue weighted by atomic mass is 9.83. The Balaban J connectivity index is 1.63. The maximum absolute atomic E-state index is 12.3. The summed E-state index contributed by atoms with van der Waals surface area (Å²) in [5.74, 6) is 0.705. The van der Waals surface area contributed by atoms with Crippen molar-refractivity contribution in [2.75, 3.05) is 11.9 Å². The molecule has 1 aromatic heterocycles. The first-order valence-electron chi connectivity index (χ1n) is 7.18. The van der Waals surface area contributed by atoms with E-state index >= 15 is 0 Å². The predicted molar refractivity (Wildman–Crippen MR) is 75.2 cm³/mol. The standard InChI is InChI=1S/C13H20N4OS/c18-13(15-12-16-14-9-19-12)17-8-4-7-11(17)10-5-2-1-3-6-10/h9-11H,1-8H2,(H,15,16,18)/t11-/m1/s1. The fraction of sp³-hybridized carbons (Fsp3) is 0.769. The number of urea groups is 1. The Morgan fingerprint density at radius 1 is 1.26 bits per heavy atom. The Bertz CT molecular complexity index is 416. The minimum atomic E-state index is 0.00447. The van der Waals surface area contributed by atoms with Gasteiger partial charge in [-0.05, 0) is 31.6 Å². The maximum atomic E-state index is 12.3. The number of hydrogen-bond acceptors (Lipinski definition) is 4. The zero-order chi connectivity index (χ0) is 13.1. The SMILES string of the molecule is O=C(Nc1nncs1)N1CCC[C@@H]1C1CCCCC1. The monoisotopic (exact) mass is 280 g/mol. The largest absolute Gasteiger partial charge is 0.323 e. The van der Waals surface area contributed by atoms with Gasteiger partial charge in [0.1, 0.15) is 5.51 Å². The van der Waals surface area contributed by atoms with Gasteiger partial charge < -0.3 is 4.90 Å². The number of amides is 2. The summed E-state index contributed by atoms with van der Waals surface area (Å²) in [5, 5.41) is 11.1. The lowest BCUT2D eigenvalue weighted by molar-refractivity contribution is 0.166. The molecular weight excluding hydrogens is 260 g/mol. The van der Waals surface area contributed by atoms with E-state index < -0.39 is 0 Å². The number of anilines is 1. The first-order valence-corrected chi connectivity index (χ1v) is 8.06. The summed E-state index contributed by atoms with van der Waals surface area (Å²) >= 11 is 1.37. The van der Waals surface area contributed by atoms with E-state index in [2.05, 4.69) is 15.5 Å². The van der Waals surface area contributed by atoms with Crippen molar-refractivity contribution in [3.8, 4) is 0 Å². The number of carbonyl (C=O) groups is 1. The topological polar surface area (TPSA) is 58.1 Å². The van der Waals surface area contributed by atoms with Crippen molar-refractivity contribution in [3.63, 3.8) is 0 Å². The molecule has 0 bridgehead atoms. The van der Waals surface area contributed by atoms with Crippen molar-refractivity contribution in [2.24, 2.45) is 5.92 Å². The quantitative estimate of drug-likeness (QED) is 0.905. The molecule has 19 heavy (non-hydrogen) atoms. The van der Waals surface area contributed by atoms with E-state index in [1.54, 1.807) is 5.51 Å². The van der Waals surface area contributed by atoms with Gasteiger partial charge in [-0.15, -0.1) is 10.2 Å². The number of aromatic nitrogens is 2. The minimum Gasteiger partial charge on any atom is -0.321 e. The zero-order valence-corrected chi connectivity index (χ0v) is 11.9. The van der Waals surface area contributed by atoms with Crippen LogP contribution in [0.1, 0.15) is 44.9 Å². The van der Waals surface area contributed by atoms with E-state index in [0.717, 1.165) is 19.4 Å². The lowest BCUT2D eigenvalue weighted by Gasteiger charge is -2.33. The zero-order valence-electron chi connectivity index (χ0n) is 11.0. The Morgan fingerprint density at radius 2 is 2.11 bits per heavy atom. The summed E-state index contributed by atoms with van der Waals surface area (Å²) in [7, 11) is 0. The van der Waals surface area contributed by atoms with Gasteiger partial charge in [-0.25, -0.2) is 4.79 Å². The van der Waals surface area contributed by atoms with E-state index in [-0.39, 0.29) is 6.03 Å². The highest BCUT2D eigenvalue weighted by atomic mass is 32.1. The molecule has 2 fully saturated rings. The third-order valence-corrected chi connectivity index (χ3v) is 4.93. The Hall–Kier alpha value is -1.17. The van der Waals surface area contributed by atoms with Crippen LogP contribution >= 0.6 is 11.3 Å². The molecule has 0 spiro atoms. The van der Waals surface area contributed by atoms with Gasteiger partial charge in [0.2, 0.25) is 5.13 Å². The normalized spacial score (nSPS) is 24.6. The molecule has 2 aliphatic rings. The molecule has 2 amide bonds. The van der Waals surface area contributed by atoms with Crippen molar-refractivity contribution in [1.29, 1.82) is 0 Å². The summed E-state index contributed by atoms with van der Waals surface area (Å²) in [4.78, 5) is 14.3. The molecule has 1 aliphatic carbocycles. The van der Waals surface area contributed by atoms with E-state index in [1.165, 1.54) is 43.4 Å². The molecule has 104 valence electrons. The fourth-order valence-electron chi connectivity index (χ4n) is 3.44. The Kier molecular flexibility index (Phi) is 3.96. The summed E-state index contributed by atoms with van der Waals surface area (Å²) in [6.07, 6.45) is 8.87. The van der Waals surface area contributed by atoms with E-state index in [0.29, 0.717) is 17.1 Å². The van der Waals surface area contributed by atoms with Crippen molar-refractivity contribution in [3.05, 3.63) is 5.51 Å². The molecule has 1 aliphatic heterocycles. The van der Waals surface area contributed by atoms with Crippen LogP contribution in [0, 0.1) is 5.92 Å². The van der Waals surface area contributed by atoms with Gasteiger partial charge in [-0.1, -0.05) is 30.6 Å². The van der Waals surface area contributed by atoms with E-state index in [1.807, 2.05) is 4.90 Å². The van der Waals surface area contributed by atoms with Crippen LogP contribution < -0.4 is 5.32 Å². The average Bonchev–Trinajstić information content (AvgIpc) is 3.10. The molecule has 0 unspecified atom stereocenters. The van der Waals surface area contributed by atoms with Crippen molar-refractivity contribution in [2.45, 2.75) is 51.0 Å². The summed E-state index contributed by atoms with van der Waals surface area (Å²) in [5.41, 5.74) is 1.64. The van der Waals surface area contributed by atoms with Gasteiger partial charge in [0, 0.05) is 12.6 Å². The molecule has 5 nitrogen and oxygen atoms in total. The average molecular weight is 280 g/mol. The Labute approximate surface area is 117 Å². The van der Waals surface area contributed by atoms with Crippen LogP contribution in [0.3, 0.4) is 0 Å². The molecular formula is C13H20N4OS. The third kappa shape index (κ3) is 2.88. The second-order valence-electron chi connectivity index (χ2n) is 5.48. The summed E-state index contributed by atoms with van der Waals surface area (Å²) < 4.78 is 0.